The molecule has 0 spiro atoms. The maximum absolute atomic E-state index is 5.28. The summed E-state index contributed by atoms with van der Waals surface area (Å²) >= 11 is 0. The lowest BCUT2D eigenvalue weighted by Crippen LogP contribution is -2.42. The fraction of sp³-hybridized carbons (Fsp3) is 0.625. The van der Waals surface area contributed by atoms with Crippen molar-refractivity contribution in [3.05, 3.63) is 29.8 Å². The molecule has 3 heteroatoms. The van der Waals surface area contributed by atoms with Crippen molar-refractivity contribution in [2.45, 2.75) is 38.8 Å². The molecule has 3 nitrogen and oxygen atoms in total. The van der Waals surface area contributed by atoms with Crippen LogP contribution in [0, 0.1) is 0 Å². The van der Waals surface area contributed by atoms with Crippen LogP contribution in [0.25, 0.3) is 0 Å². The lowest BCUT2D eigenvalue weighted by atomic mass is 10.0. The quantitative estimate of drug-likeness (QED) is 0.853. The highest BCUT2D eigenvalue weighted by Gasteiger charge is 2.18. The molecule has 1 aliphatic heterocycles. The van der Waals surface area contributed by atoms with Gasteiger partial charge in [-0.05, 0) is 56.6 Å². The van der Waals surface area contributed by atoms with Gasteiger partial charge in [-0.25, -0.2) is 0 Å². The van der Waals surface area contributed by atoms with Crippen LogP contribution in [0.15, 0.2) is 24.3 Å². The molecule has 0 aromatic heterocycles. The molecule has 1 fully saturated rings. The molecule has 19 heavy (non-hydrogen) atoms. The third-order valence-electron chi connectivity index (χ3n) is 3.81. The molecule has 0 radical (unpaired) electrons. The number of hydrogen-bond donors (Lipinski definition) is 1. The smallest absolute Gasteiger partial charge is 0.119 e. The molecule has 0 amide bonds. The van der Waals surface area contributed by atoms with Crippen LogP contribution < -0.4 is 10.1 Å². The monoisotopic (exact) mass is 262 g/mol. The van der Waals surface area contributed by atoms with Gasteiger partial charge in [-0.3, -0.25) is 4.90 Å². The average Bonchev–Trinajstić information content (AvgIpc) is 2.47. The molecule has 1 saturated heterocycles. The van der Waals surface area contributed by atoms with Gasteiger partial charge in [-0.2, -0.15) is 0 Å². The Morgan fingerprint density at radius 2 is 2.11 bits per heavy atom. The lowest BCUT2D eigenvalue weighted by Gasteiger charge is -2.32. The Bertz CT molecular complexity index is 373. The van der Waals surface area contributed by atoms with E-state index >= 15 is 0 Å². The van der Waals surface area contributed by atoms with E-state index in [1.54, 1.807) is 7.11 Å². The van der Waals surface area contributed by atoms with Crippen LogP contribution in [-0.2, 0) is 6.54 Å². The summed E-state index contributed by atoms with van der Waals surface area (Å²) in [5.41, 5.74) is 1.35. The first kappa shape index (κ1) is 14.4. The Hall–Kier alpha value is -1.06. The van der Waals surface area contributed by atoms with Gasteiger partial charge in [0.2, 0.25) is 0 Å². The topological polar surface area (TPSA) is 24.5 Å². The molecule has 0 aliphatic carbocycles. The number of ether oxygens (including phenoxy) is 1. The van der Waals surface area contributed by atoms with E-state index in [0.29, 0.717) is 0 Å². The van der Waals surface area contributed by atoms with Crippen LogP contribution in [0.3, 0.4) is 0 Å². The van der Waals surface area contributed by atoms with Crippen molar-refractivity contribution in [2.75, 3.05) is 26.7 Å². The molecule has 1 N–H and O–H groups in total. The fourth-order valence-corrected chi connectivity index (χ4v) is 2.67. The number of piperidine rings is 1. The summed E-state index contributed by atoms with van der Waals surface area (Å²) in [7, 11) is 1.73. The summed E-state index contributed by atoms with van der Waals surface area (Å²) < 4.78 is 5.28. The predicted octanol–water partition coefficient (Wildman–Crippen LogP) is 2.66. The van der Waals surface area contributed by atoms with Crippen LogP contribution in [0.4, 0.5) is 0 Å². The van der Waals surface area contributed by atoms with Crippen LogP contribution >= 0.6 is 0 Å². The fourth-order valence-electron chi connectivity index (χ4n) is 2.67. The van der Waals surface area contributed by atoms with Crippen LogP contribution in [0.2, 0.25) is 0 Å². The van der Waals surface area contributed by atoms with Gasteiger partial charge >= 0.3 is 0 Å². The van der Waals surface area contributed by atoms with Crippen molar-refractivity contribution in [1.82, 2.24) is 10.2 Å². The van der Waals surface area contributed by atoms with Gasteiger partial charge in [-0.15, -0.1) is 0 Å². The Labute approximate surface area is 116 Å². The second-order valence-electron chi connectivity index (χ2n) is 5.36. The van der Waals surface area contributed by atoms with Crippen molar-refractivity contribution in [3.63, 3.8) is 0 Å². The molecule has 1 aromatic rings. The Morgan fingerprint density at radius 1 is 1.32 bits per heavy atom. The van der Waals surface area contributed by atoms with Crippen molar-refractivity contribution >= 4 is 0 Å². The lowest BCUT2D eigenvalue weighted by molar-refractivity contribution is 0.191. The van der Waals surface area contributed by atoms with E-state index in [1.165, 1.54) is 37.9 Å². The highest BCUT2D eigenvalue weighted by atomic mass is 16.5. The summed E-state index contributed by atoms with van der Waals surface area (Å²) in [4.78, 5) is 2.54. The molecule has 0 saturated carbocycles. The first-order valence-corrected chi connectivity index (χ1v) is 7.40. The standard InChI is InChI=1S/C16H26N2O/c1-3-9-17-15-7-10-18(11-8-15)13-14-5-4-6-16(12-14)19-2/h4-6,12,15,17H,3,7-11,13H2,1-2H3. The first-order chi connectivity index (χ1) is 9.31. The molecule has 2 rings (SSSR count). The summed E-state index contributed by atoms with van der Waals surface area (Å²) in [6.07, 6.45) is 3.76. The van der Waals surface area contributed by atoms with E-state index in [0.717, 1.165) is 24.9 Å². The van der Waals surface area contributed by atoms with Crippen molar-refractivity contribution in [2.24, 2.45) is 0 Å². The van der Waals surface area contributed by atoms with Crippen molar-refractivity contribution in [3.8, 4) is 5.75 Å². The van der Waals surface area contributed by atoms with E-state index in [-0.39, 0.29) is 0 Å². The number of methoxy groups -OCH3 is 1. The minimum Gasteiger partial charge on any atom is -0.497 e. The Balaban J connectivity index is 1.78. The molecular formula is C16H26N2O. The van der Waals surface area contributed by atoms with Gasteiger partial charge < -0.3 is 10.1 Å². The van der Waals surface area contributed by atoms with Gasteiger partial charge in [-0.1, -0.05) is 19.1 Å². The van der Waals surface area contributed by atoms with Gasteiger partial charge in [0.25, 0.3) is 0 Å². The number of benzene rings is 1. The number of nitrogens with one attached hydrogen (secondary N) is 1. The molecule has 0 unspecified atom stereocenters. The number of likely N-dealkylation sites (tertiary alicyclic amines) is 1. The highest BCUT2D eigenvalue weighted by Crippen LogP contribution is 2.17. The van der Waals surface area contributed by atoms with Gasteiger partial charge in [0.05, 0.1) is 7.11 Å². The van der Waals surface area contributed by atoms with E-state index in [2.05, 4.69) is 35.3 Å². The molecule has 1 heterocycles. The van der Waals surface area contributed by atoms with Crippen LogP contribution in [0.5, 0.6) is 5.75 Å². The SMILES string of the molecule is CCCNC1CCN(Cc2cccc(OC)c2)CC1. The predicted molar refractivity (Wildman–Crippen MR) is 79.6 cm³/mol. The highest BCUT2D eigenvalue weighted by molar-refractivity contribution is 5.28. The number of hydrogen-bond acceptors (Lipinski definition) is 3. The third-order valence-corrected chi connectivity index (χ3v) is 3.81. The van der Waals surface area contributed by atoms with E-state index in [9.17, 15) is 0 Å². The van der Waals surface area contributed by atoms with Crippen LogP contribution in [-0.4, -0.2) is 37.7 Å². The second kappa shape index (κ2) is 7.51. The van der Waals surface area contributed by atoms with Crippen molar-refractivity contribution in [1.29, 1.82) is 0 Å². The molecule has 106 valence electrons. The zero-order valence-corrected chi connectivity index (χ0v) is 12.2. The van der Waals surface area contributed by atoms with Gasteiger partial charge in [0.15, 0.2) is 0 Å². The van der Waals surface area contributed by atoms with Crippen molar-refractivity contribution < 1.29 is 4.74 Å². The maximum atomic E-state index is 5.28. The minimum absolute atomic E-state index is 0.724. The average molecular weight is 262 g/mol. The molecular weight excluding hydrogens is 236 g/mol. The van der Waals surface area contributed by atoms with Gasteiger partial charge in [0, 0.05) is 12.6 Å². The van der Waals surface area contributed by atoms with E-state index in [1.807, 2.05) is 6.07 Å². The largest absolute Gasteiger partial charge is 0.497 e. The normalized spacial score (nSPS) is 17.6. The van der Waals surface area contributed by atoms with Crippen LogP contribution in [0.1, 0.15) is 31.7 Å². The molecule has 1 aliphatic rings. The summed E-state index contributed by atoms with van der Waals surface area (Å²) in [6.45, 7) is 6.81. The zero-order valence-electron chi connectivity index (χ0n) is 12.2. The zero-order chi connectivity index (χ0) is 13.5. The molecule has 0 atom stereocenters. The summed E-state index contributed by atoms with van der Waals surface area (Å²) in [5.74, 6) is 0.956. The number of nitrogens with zero attached hydrogens (tertiary/aromatic N) is 1. The summed E-state index contributed by atoms with van der Waals surface area (Å²) in [6, 6.07) is 9.13. The number of rotatable bonds is 6. The summed E-state index contributed by atoms with van der Waals surface area (Å²) in [5, 5.41) is 3.63. The van der Waals surface area contributed by atoms with E-state index in [4.69, 9.17) is 4.74 Å². The van der Waals surface area contributed by atoms with E-state index < -0.39 is 0 Å². The molecule has 1 aromatic carbocycles. The Kier molecular flexibility index (Phi) is 5.67. The maximum Gasteiger partial charge on any atom is 0.119 e. The first-order valence-electron chi connectivity index (χ1n) is 7.40. The second-order valence-corrected chi connectivity index (χ2v) is 5.36. The third kappa shape index (κ3) is 4.51. The van der Waals surface area contributed by atoms with Gasteiger partial charge in [0.1, 0.15) is 5.75 Å². The Morgan fingerprint density at radius 3 is 2.79 bits per heavy atom. The minimum atomic E-state index is 0.724. The molecule has 0 bridgehead atoms.